The van der Waals surface area contributed by atoms with Crippen LogP contribution in [0.1, 0.15) is 0 Å². The maximum Gasteiger partial charge on any atom is 0.417 e. The predicted molar refractivity (Wildman–Crippen MR) is 88.6 cm³/mol. The minimum Gasteiger partial charge on any atom is -0.408 e. The molecule has 1 heterocycles. The Kier molecular flexibility index (Phi) is 3.17. The first-order chi connectivity index (χ1) is 11.5. The lowest BCUT2D eigenvalue weighted by Crippen LogP contribution is -2.09. The number of benzene rings is 3. The van der Waals surface area contributed by atoms with E-state index in [9.17, 15) is 13.2 Å². The summed E-state index contributed by atoms with van der Waals surface area (Å²) in [5, 5.41) is 1.56. The lowest BCUT2D eigenvalue weighted by atomic mass is 10.1. The fourth-order valence-corrected chi connectivity index (χ4v) is 3.48. The van der Waals surface area contributed by atoms with Crippen LogP contribution in [0.5, 0.6) is 5.75 Å². The first-order valence-electron chi connectivity index (χ1n) is 7.08. The molecule has 0 saturated heterocycles. The molecule has 1 aromatic heterocycles. The molecule has 24 heavy (non-hydrogen) atoms. The van der Waals surface area contributed by atoms with Gasteiger partial charge in [-0.05, 0) is 23.6 Å². The van der Waals surface area contributed by atoms with Crippen LogP contribution in [-0.2, 0) is 10.1 Å². The number of hydrogen-bond donors (Lipinski definition) is 1. The minimum atomic E-state index is -4.06. The van der Waals surface area contributed by atoms with Gasteiger partial charge >= 0.3 is 15.9 Å². The monoisotopic (exact) mass is 341 g/mol. The maximum atomic E-state index is 12.5. The summed E-state index contributed by atoms with van der Waals surface area (Å²) in [6, 6.07) is 16.6. The average molecular weight is 341 g/mol. The molecule has 4 rings (SSSR count). The van der Waals surface area contributed by atoms with E-state index >= 15 is 0 Å². The van der Waals surface area contributed by atoms with Gasteiger partial charge in [0, 0.05) is 11.5 Å². The fraction of sp³-hybridized carbons (Fsp3) is 0. The van der Waals surface area contributed by atoms with Crippen LogP contribution in [0.4, 0.5) is 0 Å². The Hall–Kier alpha value is -3.06. The number of H-pyrrole nitrogens is 1. The van der Waals surface area contributed by atoms with Crippen molar-refractivity contribution >= 4 is 32.0 Å². The molecule has 120 valence electrons. The summed E-state index contributed by atoms with van der Waals surface area (Å²) >= 11 is 0. The molecule has 0 atom stereocenters. The van der Waals surface area contributed by atoms with E-state index < -0.39 is 15.9 Å². The van der Waals surface area contributed by atoms with Crippen molar-refractivity contribution in [3.8, 4) is 5.75 Å². The molecule has 0 saturated carbocycles. The molecular formula is C17H11NO5S. The van der Waals surface area contributed by atoms with E-state index in [1.165, 1.54) is 18.2 Å². The molecule has 0 aliphatic rings. The molecule has 3 aromatic carbocycles. The number of fused-ring (bicyclic) bond motifs is 2. The van der Waals surface area contributed by atoms with Gasteiger partial charge in [0.05, 0.1) is 5.52 Å². The van der Waals surface area contributed by atoms with Crippen LogP contribution < -0.4 is 9.94 Å². The van der Waals surface area contributed by atoms with Gasteiger partial charge in [0.1, 0.15) is 4.90 Å². The number of oxazole rings is 1. The molecule has 0 radical (unpaired) electrons. The highest BCUT2D eigenvalue weighted by molar-refractivity contribution is 7.87. The third kappa shape index (κ3) is 2.44. The Morgan fingerprint density at radius 2 is 1.75 bits per heavy atom. The van der Waals surface area contributed by atoms with Crippen molar-refractivity contribution in [2.45, 2.75) is 4.90 Å². The Bertz CT molecular complexity index is 1220. The smallest absolute Gasteiger partial charge is 0.408 e. The summed E-state index contributed by atoms with van der Waals surface area (Å²) in [6.45, 7) is 0. The van der Waals surface area contributed by atoms with Crippen LogP contribution in [0.3, 0.4) is 0 Å². The average Bonchev–Trinajstić information content (AvgIpc) is 2.94. The number of aromatic nitrogens is 1. The SMILES string of the molecule is O=c1[nH]c2ccc(S(=O)(=O)Oc3cccc4ccccc34)cc2o1. The van der Waals surface area contributed by atoms with Gasteiger partial charge in [-0.2, -0.15) is 8.42 Å². The van der Waals surface area contributed by atoms with Crippen LogP contribution in [-0.4, -0.2) is 13.4 Å². The van der Waals surface area contributed by atoms with Crippen LogP contribution in [0.2, 0.25) is 0 Å². The molecule has 0 aliphatic heterocycles. The maximum absolute atomic E-state index is 12.5. The number of aromatic amines is 1. The van der Waals surface area contributed by atoms with Gasteiger partial charge in [0.2, 0.25) is 0 Å². The standard InChI is InChI=1S/C17H11NO5S/c19-17-18-14-9-8-12(10-16(14)22-17)24(20,21)23-15-7-3-5-11-4-1-2-6-13(11)15/h1-10H,(H,18,19). The molecule has 0 aliphatic carbocycles. The van der Waals surface area contributed by atoms with Crippen molar-refractivity contribution in [3.63, 3.8) is 0 Å². The van der Waals surface area contributed by atoms with E-state index in [2.05, 4.69) is 4.98 Å². The molecule has 0 unspecified atom stereocenters. The third-order valence-electron chi connectivity index (χ3n) is 3.63. The highest BCUT2D eigenvalue weighted by Crippen LogP contribution is 2.28. The van der Waals surface area contributed by atoms with Crippen molar-refractivity contribution in [2.75, 3.05) is 0 Å². The van der Waals surface area contributed by atoms with Crippen molar-refractivity contribution in [1.82, 2.24) is 4.98 Å². The quantitative estimate of drug-likeness (QED) is 0.579. The van der Waals surface area contributed by atoms with Gasteiger partial charge < -0.3 is 8.60 Å². The van der Waals surface area contributed by atoms with Crippen LogP contribution in [0.15, 0.2) is 74.8 Å². The molecule has 0 amide bonds. The first kappa shape index (κ1) is 14.5. The van der Waals surface area contributed by atoms with Crippen LogP contribution in [0, 0.1) is 0 Å². The van der Waals surface area contributed by atoms with Crippen LogP contribution >= 0.6 is 0 Å². The van der Waals surface area contributed by atoms with Gasteiger partial charge in [-0.3, -0.25) is 4.98 Å². The summed E-state index contributed by atoms with van der Waals surface area (Å²) in [7, 11) is -4.06. The van der Waals surface area contributed by atoms with E-state index in [0.29, 0.717) is 10.9 Å². The van der Waals surface area contributed by atoms with Crippen molar-refractivity contribution in [2.24, 2.45) is 0 Å². The zero-order chi connectivity index (χ0) is 16.7. The highest BCUT2D eigenvalue weighted by Gasteiger charge is 2.19. The molecule has 1 N–H and O–H groups in total. The van der Waals surface area contributed by atoms with Crippen molar-refractivity contribution in [3.05, 3.63) is 71.2 Å². The summed E-state index contributed by atoms with van der Waals surface area (Å²) in [5.74, 6) is -0.404. The Labute approximate surface area is 136 Å². The Morgan fingerprint density at radius 3 is 2.62 bits per heavy atom. The number of rotatable bonds is 3. The second-order valence-corrected chi connectivity index (χ2v) is 6.73. The molecule has 0 bridgehead atoms. The molecule has 4 aromatic rings. The Morgan fingerprint density at radius 1 is 0.958 bits per heavy atom. The third-order valence-corrected chi connectivity index (χ3v) is 4.86. The van der Waals surface area contributed by atoms with E-state index in [4.69, 9.17) is 8.60 Å². The summed E-state index contributed by atoms with van der Waals surface area (Å²) in [5.41, 5.74) is 0.576. The zero-order valence-electron chi connectivity index (χ0n) is 12.2. The molecule has 7 heteroatoms. The van der Waals surface area contributed by atoms with Crippen molar-refractivity contribution in [1.29, 1.82) is 0 Å². The highest BCUT2D eigenvalue weighted by atomic mass is 32.2. The lowest BCUT2D eigenvalue weighted by Gasteiger charge is -2.09. The first-order valence-corrected chi connectivity index (χ1v) is 8.49. The second kappa shape index (κ2) is 5.24. The van der Waals surface area contributed by atoms with E-state index in [-0.39, 0.29) is 16.2 Å². The van der Waals surface area contributed by atoms with Gasteiger partial charge in [0.15, 0.2) is 11.3 Å². The van der Waals surface area contributed by atoms with Crippen molar-refractivity contribution < 1.29 is 17.0 Å². The number of hydrogen-bond acceptors (Lipinski definition) is 5. The molecule has 0 fully saturated rings. The fourth-order valence-electron chi connectivity index (χ4n) is 2.52. The largest absolute Gasteiger partial charge is 0.417 e. The number of nitrogens with one attached hydrogen (secondary N) is 1. The topological polar surface area (TPSA) is 89.4 Å². The molecular weight excluding hydrogens is 330 g/mol. The van der Waals surface area contributed by atoms with Crippen LogP contribution in [0.25, 0.3) is 21.9 Å². The summed E-state index contributed by atoms with van der Waals surface area (Å²) in [6.07, 6.45) is 0. The molecule has 6 nitrogen and oxygen atoms in total. The molecule has 0 spiro atoms. The summed E-state index contributed by atoms with van der Waals surface area (Å²) in [4.78, 5) is 13.5. The second-order valence-electron chi connectivity index (χ2n) is 5.19. The van der Waals surface area contributed by atoms with Gasteiger partial charge in [-0.15, -0.1) is 0 Å². The Balaban J connectivity index is 1.80. The van der Waals surface area contributed by atoms with Gasteiger partial charge in [0.25, 0.3) is 0 Å². The van der Waals surface area contributed by atoms with E-state index in [1.807, 2.05) is 24.3 Å². The van der Waals surface area contributed by atoms with Gasteiger partial charge in [-0.1, -0.05) is 36.4 Å². The van der Waals surface area contributed by atoms with E-state index in [0.717, 1.165) is 5.39 Å². The normalized spacial score (nSPS) is 11.8. The van der Waals surface area contributed by atoms with E-state index in [1.54, 1.807) is 18.2 Å². The van der Waals surface area contributed by atoms with Gasteiger partial charge in [-0.25, -0.2) is 4.79 Å². The predicted octanol–water partition coefficient (Wildman–Crippen LogP) is 3.04. The minimum absolute atomic E-state index is 0.0920. The zero-order valence-corrected chi connectivity index (χ0v) is 13.0. The summed E-state index contributed by atoms with van der Waals surface area (Å²) < 4.78 is 35.3. The lowest BCUT2D eigenvalue weighted by molar-refractivity contribution is 0.488.